The largest absolute Gasteiger partial charge is 0.328 e. The van der Waals surface area contributed by atoms with Crippen molar-refractivity contribution in [2.75, 3.05) is 0 Å². The lowest BCUT2D eigenvalue weighted by Crippen LogP contribution is -2.11. The van der Waals surface area contributed by atoms with E-state index in [-0.39, 0.29) is 6.04 Å². The van der Waals surface area contributed by atoms with Crippen LogP contribution >= 0.6 is 11.6 Å². The molecule has 1 atom stereocenters. The maximum absolute atomic E-state index is 8.36. The Morgan fingerprint density at radius 3 is 2.41 bits per heavy atom. The fourth-order valence-electron chi connectivity index (χ4n) is 3.80. The van der Waals surface area contributed by atoms with Gasteiger partial charge in [-0.2, -0.15) is 0 Å². The molecule has 2 heterocycles. The van der Waals surface area contributed by atoms with Gasteiger partial charge in [0.05, 0.1) is 17.9 Å². The van der Waals surface area contributed by atoms with Crippen LogP contribution < -0.4 is 0 Å². The van der Waals surface area contributed by atoms with E-state index in [0.29, 0.717) is 0 Å². The molecule has 0 saturated heterocycles. The summed E-state index contributed by atoms with van der Waals surface area (Å²) >= 11 is 6.12. The summed E-state index contributed by atoms with van der Waals surface area (Å²) in [5, 5.41) is 23.1. The third-order valence-corrected chi connectivity index (χ3v) is 5.57. The van der Waals surface area contributed by atoms with Crippen molar-refractivity contribution in [3.05, 3.63) is 123 Å². The van der Waals surface area contributed by atoms with E-state index in [1.807, 2.05) is 41.5 Å². The third-order valence-electron chi connectivity index (χ3n) is 5.32. The van der Waals surface area contributed by atoms with E-state index in [9.17, 15) is 0 Å². The molecule has 1 unspecified atom stereocenters. The highest BCUT2D eigenvalue weighted by Gasteiger charge is 2.18. The average molecular weight is 477 g/mol. The van der Waals surface area contributed by atoms with Gasteiger partial charge in [-0.25, -0.2) is 9.67 Å². The number of benzene rings is 3. The number of halogens is 1. The predicted molar refractivity (Wildman–Crippen MR) is 127 cm³/mol. The Balaban J connectivity index is 0.000000636. The van der Waals surface area contributed by atoms with Crippen LogP contribution in [0.25, 0.3) is 11.0 Å². The zero-order chi connectivity index (χ0) is 23.9. The summed E-state index contributed by atoms with van der Waals surface area (Å²) in [4.78, 5) is 12.6. The number of imidazole rings is 1. The number of nitrogens with zero attached hydrogens (tertiary/aromatic N) is 6. The number of aromatic nitrogens is 5. The van der Waals surface area contributed by atoms with Crippen LogP contribution in [0.1, 0.15) is 22.7 Å². The van der Waals surface area contributed by atoms with Crippen LogP contribution in [0.4, 0.5) is 0 Å². The number of rotatable bonds is 6. The predicted octanol–water partition coefficient (Wildman–Crippen LogP) is 4.81. The molecule has 0 aliphatic heterocycles. The molecule has 5 aromatic rings. The summed E-state index contributed by atoms with van der Waals surface area (Å²) in [5.41, 5.74) is 5.50. The SMILES string of the molecule is Clc1ccc(C(c2ccc3nnn(CCc4ccccc4)c3c2)n2ccnc2)cc1.O=[N+]([O-])O. The van der Waals surface area contributed by atoms with Crippen molar-refractivity contribution >= 4 is 22.6 Å². The monoisotopic (exact) mass is 476 g/mol. The van der Waals surface area contributed by atoms with Gasteiger partial charge in [-0.05, 0) is 47.4 Å². The minimum absolute atomic E-state index is 0.00774. The van der Waals surface area contributed by atoms with Crippen molar-refractivity contribution in [3.63, 3.8) is 0 Å². The first-order valence-electron chi connectivity index (χ1n) is 10.4. The van der Waals surface area contributed by atoms with Gasteiger partial charge >= 0.3 is 0 Å². The van der Waals surface area contributed by atoms with E-state index in [4.69, 9.17) is 26.9 Å². The molecule has 0 amide bonds. The molecule has 9 nitrogen and oxygen atoms in total. The molecule has 172 valence electrons. The van der Waals surface area contributed by atoms with Crippen LogP contribution in [0.2, 0.25) is 5.02 Å². The standard InChI is InChI=1S/C24H20ClN5.HNO3/c25-21-9-6-19(7-10-21)24(29-15-13-26-17-29)20-8-11-22-23(16-20)30(28-27-22)14-12-18-4-2-1-3-5-18;2-1(3)4/h1-11,13,15-17,24H,12,14H2;(H,2,3,4). The quantitative estimate of drug-likeness (QED) is 0.278. The Morgan fingerprint density at radius 1 is 1.03 bits per heavy atom. The number of fused-ring (bicyclic) bond motifs is 1. The van der Waals surface area contributed by atoms with Gasteiger partial charge in [0.15, 0.2) is 0 Å². The molecule has 0 spiro atoms. The van der Waals surface area contributed by atoms with Crippen LogP contribution in [0.3, 0.4) is 0 Å². The van der Waals surface area contributed by atoms with Crippen LogP contribution in [-0.2, 0) is 13.0 Å². The van der Waals surface area contributed by atoms with Gasteiger partial charge in [-0.15, -0.1) is 15.2 Å². The number of hydrogen-bond donors (Lipinski definition) is 1. The van der Waals surface area contributed by atoms with E-state index in [0.717, 1.165) is 40.1 Å². The Kier molecular flexibility index (Phi) is 7.14. The first-order valence-corrected chi connectivity index (χ1v) is 10.8. The molecule has 1 N–H and O–H groups in total. The molecular weight excluding hydrogens is 456 g/mol. The average Bonchev–Trinajstić information content (AvgIpc) is 3.50. The number of aryl methyl sites for hydroxylation is 2. The Bertz CT molecular complexity index is 1350. The molecule has 2 aromatic heterocycles. The molecule has 0 aliphatic rings. The first-order chi connectivity index (χ1) is 16.5. The highest BCUT2D eigenvalue weighted by Crippen LogP contribution is 2.29. The smallest absolute Gasteiger partial charge is 0.291 e. The van der Waals surface area contributed by atoms with Gasteiger partial charge in [0.25, 0.3) is 5.09 Å². The van der Waals surface area contributed by atoms with Gasteiger partial charge in [0, 0.05) is 24.0 Å². The maximum atomic E-state index is 8.36. The van der Waals surface area contributed by atoms with E-state index >= 15 is 0 Å². The van der Waals surface area contributed by atoms with Gasteiger partial charge < -0.3 is 9.77 Å². The lowest BCUT2D eigenvalue weighted by molar-refractivity contribution is -0.742. The van der Waals surface area contributed by atoms with Gasteiger partial charge in [0.2, 0.25) is 0 Å². The van der Waals surface area contributed by atoms with Crippen molar-refractivity contribution in [2.45, 2.75) is 19.0 Å². The number of hydrogen-bond acceptors (Lipinski definition) is 5. The van der Waals surface area contributed by atoms with Gasteiger partial charge in [0.1, 0.15) is 5.52 Å². The summed E-state index contributed by atoms with van der Waals surface area (Å²) < 4.78 is 4.08. The van der Waals surface area contributed by atoms with Gasteiger partial charge in [-0.3, -0.25) is 0 Å². The van der Waals surface area contributed by atoms with E-state index < -0.39 is 5.09 Å². The normalized spacial score (nSPS) is 11.6. The summed E-state index contributed by atoms with van der Waals surface area (Å²) in [6, 6.07) is 24.7. The van der Waals surface area contributed by atoms with Crippen molar-refractivity contribution in [1.82, 2.24) is 24.5 Å². The second-order valence-electron chi connectivity index (χ2n) is 7.50. The van der Waals surface area contributed by atoms with Crippen LogP contribution in [0.15, 0.2) is 91.5 Å². The van der Waals surface area contributed by atoms with Crippen LogP contribution in [0, 0.1) is 10.1 Å². The summed E-state index contributed by atoms with van der Waals surface area (Å²) in [6.45, 7) is 0.778. The minimum Gasteiger partial charge on any atom is -0.328 e. The lowest BCUT2D eigenvalue weighted by Gasteiger charge is -2.20. The molecule has 5 rings (SSSR count). The first kappa shape index (κ1) is 22.9. The molecule has 0 saturated carbocycles. The van der Waals surface area contributed by atoms with Crippen molar-refractivity contribution < 1.29 is 10.3 Å². The van der Waals surface area contributed by atoms with E-state index in [1.54, 1.807) is 6.20 Å². The molecule has 0 fully saturated rings. The molecule has 3 aromatic carbocycles. The van der Waals surface area contributed by atoms with Crippen molar-refractivity contribution in [1.29, 1.82) is 0 Å². The minimum atomic E-state index is -1.50. The zero-order valence-electron chi connectivity index (χ0n) is 18.0. The van der Waals surface area contributed by atoms with Crippen LogP contribution in [0.5, 0.6) is 0 Å². The summed E-state index contributed by atoms with van der Waals surface area (Å²) in [5.74, 6) is 0. The fourth-order valence-corrected chi connectivity index (χ4v) is 3.93. The van der Waals surface area contributed by atoms with Gasteiger partial charge in [-0.1, -0.05) is 65.3 Å². The Morgan fingerprint density at radius 2 is 1.74 bits per heavy atom. The fraction of sp³-hybridized carbons (Fsp3) is 0.125. The molecule has 0 aliphatic carbocycles. The topological polar surface area (TPSA) is 112 Å². The highest BCUT2D eigenvalue weighted by molar-refractivity contribution is 6.30. The molecule has 0 radical (unpaired) electrons. The zero-order valence-corrected chi connectivity index (χ0v) is 18.7. The molecule has 34 heavy (non-hydrogen) atoms. The van der Waals surface area contributed by atoms with Crippen molar-refractivity contribution in [3.8, 4) is 0 Å². The Labute approximate surface area is 200 Å². The van der Waals surface area contributed by atoms with E-state index in [1.165, 1.54) is 5.56 Å². The van der Waals surface area contributed by atoms with Crippen molar-refractivity contribution in [2.24, 2.45) is 0 Å². The lowest BCUT2D eigenvalue weighted by atomic mass is 9.98. The second kappa shape index (κ2) is 10.6. The maximum Gasteiger partial charge on any atom is 0.291 e. The molecule has 0 bridgehead atoms. The highest BCUT2D eigenvalue weighted by atomic mass is 35.5. The molecule has 10 heteroatoms. The molecular formula is C24H21ClN6O3. The Hall–Kier alpha value is -4.24. The van der Waals surface area contributed by atoms with E-state index in [2.05, 4.69) is 68.4 Å². The summed E-state index contributed by atoms with van der Waals surface area (Å²) in [6.07, 6.45) is 6.53. The van der Waals surface area contributed by atoms with Crippen LogP contribution in [-0.4, -0.2) is 34.8 Å². The summed E-state index contributed by atoms with van der Waals surface area (Å²) in [7, 11) is 0. The second-order valence-corrected chi connectivity index (χ2v) is 7.93. The third kappa shape index (κ3) is 5.57.